The van der Waals surface area contributed by atoms with E-state index in [9.17, 15) is 4.79 Å². The fourth-order valence-corrected chi connectivity index (χ4v) is 2.47. The van der Waals surface area contributed by atoms with Crippen LogP contribution >= 0.6 is 0 Å². The van der Waals surface area contributed by atoms with Gasteiger partial charge in [-0.2, -0.15) is 0 Å². The van der Waals surface area contributed by atoms with Crippen molar-refractivity contribution < 1.29 is 4.79 Å². The molecule has 0 amide bonds. The van der Waals surface area contributed by atoms with E-state index in [1.807, 2.05) is 6.07 Å². The van der Waals surface area contributed by atoms with Gasteiger partial charge in [-0.3, -0.25) is 4.79 Å². The number of hydrogen-bond acceptors (Lipinski definition) is 1. The normalized spacial score (nSPS) is 23.7. The monoisotopic (exact) mass is 214 g/mol. The van der Waals surface area contributed by atoms with Crippen LogP contribution in [0.4, 0.5) is 0 Å². The zero-order chi connectivity index (χ0) is 11.4. The van der Waals surface area contributed by atoms with Gasteiger partial charge in [-0.25, -0.2) is 0 Å². The van der Waals surface area contributed by atoms with Crippen LogP contribution in [0.15, 0.2) is 42.0 Å². The summed E-state index contributed by atoms with van der Waals surface area (Å²) in [6, 6.07) is 10.4. The molecule has 1 saturated carbocycles. The molecule has 1 heteroatoms. The molecule has 0 saturated heterocycles. The molecule has 0 spiro atoms. The van der Waals surface area contributed by atoms with Crippen molar-refractivity contribution in [2.45, 2.75) is 38.5 Å². The van der Waals surface area contributed by atoms with Gasteiger partial charge in [-0.1, -0.05) is 43.3 Å². The van der Waals surface area contributed by atoms with Gasteiger partial charge >= 0.3 is 0 Å². The standard InChI is InChI=1S/C15H18O/c1-2-7-14-13(10-6-11-15(14)16)12-8-4-3-5-9-12/h3-5,7-9,13H,2,6,10-11H2,1H3/b14-7-/t13-/m1/s1. The molecule has 2 rings (SSSR count). The minimum atomic E-state index is 0.336. The Bertz CT molecular complexity index is 389. The van der Waals surface area contributed by atoms with Crippen LogP contribution in [0.5, 0.6) is 0 Å². The smallest absolute Gasteiger partial charge is 0.159 e. The second-order valence-corrected chi connectivity index (χ2v) is 4.35. The topological polar surface area (TPSA) is 17.1 Å². The van der Waals surface area contributed by atoms with Crippen molar-refractivity contribution in [3.05, 3.63) is 47.5 Å². The Morgan fingerprint density at radius 2 is 2.06 bits per heavy atom. The van der Waals surface area contributed by atoms with Crippen molar-refractivity contribution in [1.82, 2.24) is 0 Å². The summed E-state index contributed by atoms with van der Waals surface area (Å²) in [6.45, 7) is 2.09. The first-order valence-corrected chi connectivity index (χ1v) is 6.11. The van der Waals surface area contributed by atoms with Gasteiger partial charge in [0.05, 0.1) is 0 Å². The maximum Gasteiger partial charge on any atom is 0.159 e. The third-order valence-corrected chi connectivity index (χ3v) is 3.22. The number of carbonyl (C=O) groups is 1. The number of benzene rings is 1. The molecule has 1 aromatic carbocycles. The van der Waals surface area contributed by atoms with E-state index >= 15 is 0 Å². The van der Waals surface area contributed by atoms with Gasteiger partial charge < -0.3 is 0 Å². The van der Waals surface area contributed by atoms with Crippen molar-refractivity contribution in [3.63, 3.8) is 0 Å². The Morgan fingerprint density at radius 3 is 2.75 bits per heavy atom. The van der Waals surface area contributed by atoms with Gasteiger partial charge in [0.15, 0.2) is 5.78 Å². The molecule has 16 heavy (non-hydrogen) atoms. The second-order valence-electron chi connectivity index (χ2n) is 4.35. The van der Waals surface area contributed by atoms with E-state index in [1.165, 1.54) is 5.56 Å². The number of carbonyl (C=O) groups excluding carboxylic acids is 1. The first-order chi connectivity index (χ1) is 7.83. The van der Waals surface area contributed by atoms with E-state index in [0.717, 1.165) is 31.3 Å². The zero-order valence-electron chi connectivity index (χ0n) is 9.78. The molecule has 0 aliphatic heterocycles. The summed E-state index contributed by atoms with van der Waals surface area (Å²) in [6.07, 6.45) is 5.93. The molecule has 1 aliphatic rings. The van der Waals surface area contributed by atoms with Gasteiger partial charge in [0.1, 0.15) is 0 Å². The lowest BCUT2D eigenvalue weighted by Gasteiger charge is -2.24. The first kappa shape index (κ1) is 11.1. The molecule has 0 aromatic heterocycles. The Hall–Kier alpha value is -1.37. The highest BCUT2D eigenvalue weighted by Gasteiger charge is 2.25. The Balaban J connectivity index is 2.31. The van der Waals surface area contributed by atoms with Crippen molar-refractivity contribution in [1.29, 1.82) is 0 Å². The summed E-state index contributed by atoms with van der Waals surface area (Å²) in [5.74, 6) is 0.685. The highest BCUT2D eigenvalue weighted by Crippen LogP contribution is 2.35. The average molecular weight is 214 g/mol. The van der Waals surface area contributed by atoms with Crippen LogP contribution in [-0.4, -0.2) is 5.78 Å². The molecule has 1 aliphatic carbocycles. The third-order valence-electron chi connectivity index (χ3n) is 3.22. The van der Waals surface area contributed by atoms with Gasteiger partial charge in [0.25, 0.3) is 0 Å². The summed E-state index contributed by atoms with van der Waals surface area (Å²) in [5.41, 5.74) is 2.33. The largest absolute Gasteiger partial charge is 0.295 e. The molecular weight excluding hydrogens is 196 g/mol. The van der Waals surface area contributed by atoms with Crippen molar-refractivity contribution in [2.75, 3.05) is 0 Å². The highest BCUT2D eigenvalue weighted by molar-refractivity contribution is 5.97. The summed E-state index contributed by atoms with van der Waals surface area (Å²) in [5, 5.41) is 0. The molecule has 0 N–H and O–H groups in total. The quantitative estimate of drug-likeness (QED) is 0.683. The lowest BCUT2D eigenvalue weighted by Crippen LogP contribution is -2.17. The molecule has 0 bridgehead atoms. The number of hydrogen-bond donors (Lipinski definition) is 0. The maximum atomic E-state index is 11.9. The third kappa shape index (κ3) is 2.24. The van der Waals surface area contributed by atoms with Crippen LogP contribution in [0.25, 0.3) is 0 Å². The van der Waals surface area contributed by atoms with Crippen molar-refractivity contribution >= 4 is 5.78 Å². The summed E-state index contributed by atoms with van der Waals surface area (Å²) >= 11 is 0. The fourth-order valence-electron chi connectivity index (χ4n) is 2.47. The van der Waals surface area contributed by atoms with E-state index in [-0.39, 0.29) is 0 Å². The predicted octanol–water partition coefficient (Wildman–Crippen LogP) is 3.86. The second kappa shape index (κ2) is 5.11. The summed E-state index contributed by atoms with van der Waals surface area (Å²) in [7, 11) is 0. The highest BCUT2D eigenvalue weighted by atomic mass is 16.1. The van der Waals surface area contributed by atoms with E-state index in [4.69, 9.17) is 0 Å². The molecule has 1 nitrogen and oxygen atoms in total. The van der Waals surface area contributed by atoms with Crippen LogP contribution in [0.3, 0.4) is 0 Å². The molecule has 0 unspecified atom stereocenters. The SMILES string of the molecule is CC/C=C1\C(=O)CCC[C@@H]1c1ccccc1. The number of ketones is 1. The number of Topliss-reactive ketones (excluding diaryl/α,β-unsaturated/α-hetero) is 1. The number of rotatable bonds is 2. The molecule has 0 heterocycles. The predicted molar refractivity (Wildman–Crippen MR) is 66.4 cm³/mol. The number of allylic oxidation sites excluding steroid dienone is 2. The summed E-state index contributed by atoms with van der Waals surface area (Å²) in [4.78, 5) is 11.9. The minimum Gasteiger partial charge on any atom is -0.295 e. The van der Waals surface area contributed by atoms with Crippen LogP contribution in [0.2, 0.25) is 0 Å². The Kier molecular flexibility index (Phi) is 3.55. The molecule has 1 fully saturated rings. The van der Waals surface area contributed by atoms with E-state index in [0.29, 0.717) is 11.7 Å². The van der Waals surface area contributed by atoms with E-state index in [1.54, 1.807) is 0 Å². The van der Waals surface area contributed by atoms with Gasteiger partial charge in [-0.05, 0) is 30.4 Å². The van der Waals surface area contributed by atoms with Crippen LogP contribution < -0.4 is 0 Å². The zero-order valence-corrected chi connectivity index (χ0v) is 9.78. The van der Waals surface area contributed by atoms with Gasteiger partial charge in [-0.15, -0.1) is 0 Å². The molecule has 0 radical (unpaired) electrons. The maximum absolute atomic E-state index is 11.9. The lowest BCUT2D eigenvalue weighted by molar-refractivity contribution is -0.116. The van der Waals surface area contributed by atoms with E-state index in [2.05, 4.69) is 37.3 Å². The lowest BCUT2D eigenvalue weighted by atomic mass is 9.79. The summed E-state index contributed by atoms with van der Waals surface area (Å²) < 4.78 is 0. The Morgan fingerprint density at radius 1 is 1.31 bits per heavy atom. The van der Waals surface area contributed by atoms with E-state index < -0.39 is 0 Å². The molecule has 84 valence electrons. The van der Waals surface area contributed by atoms with Crippen molar-refractivity contribution in [3.8, 4) is 0 Å². The first-order valence-electron chi connectivity index (χ1n) is 6.11. The molecule has 1 atom stereocenters. The Labute approximate surface area is 97.2 Å². The average Bonchev–Trinajstić information content (AvgIpc) is 2.33. The molecular formula is C15H18O. The minimum absolute atomic E-state index is 0.336. The van der Waals surface area contributed by atoms with Crippen molar-refractivity contribution in [2.24, 2.45) is 0 Å². The van der Waals surface area contributed by atoms with Crippen LogP contribution in [0.1, 0.15) is 44.1 Å². The van der Waals surface area contributed by atoms with Gasteiger partial charge in [0.2, 0.25) is 0 Å². The van der Waals surface area contributed by atoms with Gasteiger partial charge in [0, 0.05) is 12.3 Å². The fraction of sp³-hybridized carbons (Fsp3) is 0.400. The van der Waals surface area contributed by atoms with Crippen LogP contribution in [0, 0.1) is 0 Å². The van der Waals surface area contributed by atoms with Crippen LogP contribution in [-0.2, 0) is 4.79 Å². The molecule has 1 aromatic rings.